The molecule has 0 aliphatic heterocycles. The van der Waals surface area contributed by atoms with Crippen molar-refractivity contribution in [3.63, 3.8) is 0 Å². The summed E-state index contributed by atoms with van der Waals surface area (Å²) in [6, 6.07) is 8.34. The number of alkyl halides is 3. The molecule has 0 radical (unpaired) electrons. The smallest absolute Gasteiger partial charge is 0.446 e. The molecule has 0 aliphatic rings. The molecule has 1 heterocycles. The van der Waals surface area contributed by atoms with Crippen molar-refractivity contribution in [3.05, 3.63) is 48.2 Å². The maximum Gasteiger partial charge on any atom is 0.446 e. The highest BCUT2D eigenvalue weighted by atomic mass is 32.2. The molecule has 0 atom stereocenters. The summed E-state index contributed by atoms with van der Waals surface area (Å²) in [4.78, 5) is 3.58. The number of sulfone groups is 1. The van der Waals surface area contributed by atoms with E-state index in [4.69, 9.17) is 4.74 Å². The van der Waals surface area contributed by atoms with Crippen LogP contribution in [0.4, 0.5) is 13.2 Å². The Hall–Kier alpha value is -1.74. The van der Waals surface area contributed by atoms with Gasteiger partial charge >= 0.3 is 5.51 Å². The third-order valence-corrected chi connectivity index (χ3v) is 5.13. The predicted octanol–water partition coefficient (Wildman–Crippen LogP) is 3.68. The summed E-state index contributed by atoms with van der Waals surface area (Å²) in [6.45, 7) is 0. The number of aromatic nitrogens is 1. The molecule has 2 rings (SSSR count). The van der Waals surface area contributed by atoms with Gasteiger partial charge in [-0.15, -0.1) is 0 Å². The van der Waals surface area contributed by atoms with Crippen LogP contribution in [0.3, 0.4) is 0 Å². The van der Waals surface area contributed by atoms with Gasteiger partial charge in [0.15, 0.2) is 14.9 Å². The fraction of sp³-hybridized carbons (Fsp3) is 0.214. The maximum atomic E-state index is 12.6. The molecule has 124 valence electrons. The molecular formula is C14H12F3NO3S2. The second kappa shape index (κ2) is 6.79. The lowest BCUT2D eigenvalue weighted by Crippen LogP contribution is -2.07. The molecule has 0 bridgehead atoms. The number of pyridine rings is 1. The van der Waals surface area contributed by atoms with E-state index in [1.54, 1.807) is 6.07 Å². The standard InChI is InChI=1S/C14H12F3NO3S2/c1-21-11-6-5-10(8-12(11)22-14(15,16)17)9-23(19,20)13-4-2-3-7-18-13/h2-8H,9H2,1H3. The largest absolute Gasteiger partial charge is 0.496 e. The summed E-state index contributed by atoms with van der Waals surface area (Å²) in [5.41, 5.74) is -4.27. The lowest BCUT2D eigenvalue weighted by Gasteiger charge is -2.12. The summed E-state index contributed by atoms with van der Waals surface area (Å²) >= 11 is -0.348. The quantitative estimate of drug-likeness (QED) is 0.759. The number of methoxy groups -OCH3 is 1. The van der Waals surface area contributed by atoms with Gasteiger partial charge in [0.2, 0.25) is 0 Å². The Labute approximate surface area is 135 Å². The van der Waals surface area contributed by atoms with Gasteiger partial charge in [-0.25, -0.2) is 13.4 Å². The van der Waals surface area contributed by atoms with E-state index in [0.717, 1.165) is 6.07 Å². The molecule has 0 spiro atoms. The highest BCUT2D eigenvalue weighted by Gasteiger charge is 2.31. The number of halogens is 3. The number of hydrogen-bond donors (Lipinski definition) is 0. The summed E-state index contributed by atoms with van der Waals surface area (Å²) < 4.78 is 67.1. The summed E-state index contributed by atoms with van der Waals surface area (Å²) in [5, 5.41) is -0.124. The van der Waals surface area contributed by atoms with Crippen molar-refractivity contribution in [2.45, 2.75) is 21.2 Å². The van der Waals surface area contributed by atoms with Gasteiger partial charge in [-0.1, -0.05) is 12.1 Å². The first-order valence-corrected chi connectivity index (χ1v) is 8.74. The highest BCUT2D eigenvalue weighted by Crippen LogP contribution is 2.42. The number of nitrogens with zero attached hydrogens (tertiary/aromatic N) is 1. The first-order chi connectivity index (χ1) is 10.7. The highest BCUT2D eigenvalue weighted by molar-refractivity contribution is 8.00. The summed E-state index contributed by atoms with van der Waals surface area (Å²) in [6.07, 6.45) is 1.34. The van der Waals surface area contributed by atoms with Crippen LogP contribution in [0.15, 0.2) is 52.5 Å². The fourth-order valence-electron chi connectivity index (χ4n) is 1.84. The minimum atomic E-state index is -4.49. The number of rotatable bonds is 5. The van der Waals surface area contributed by atoms with Crippen LogP contribution in [-0.4, -0.2) is 26.0 Å². The molecule has 0 unspecified atom stereocenters. The molecule has 0 saturated carbocycles. The minimum Gasteiger partial charge on any atom is -0.496 e. The summed E-state index contributed by atoms with van der Waals surface area (Å²) in [5.74, 6) is -0.411. The molecule has 1 aromatic heterocycles. The zero-order chi connectivity index (χ0) is 17.1. The average Bonchev–Trinajstić information content (AvgIpc) is 2.46. The van der Waals surface area contributed by atoms with Crippen molar-refractivity contribution in [2.75, 3.05) is 7.11 Å². The Kier molecular flexibility index (Phi) is 5.20. The van der Waals surface area contributed by atoms with Crippen LogP contribution >= 0.6 is 11.8 Å². The van der Waals surface area contributed by atoms with E-state index in [-0.39, 0.29) is 33.0 Å². The third kappa shape index (κ3) is 4.87. The van der Waals surface area contributed by atoms with Crippen LogP contribution in [-0.2, 0) is 15.6 Å². The van der Waals surface area contributed by atoms with Crippen LogP contribution in [0.1, 0.15) is 5.56 Å². The van der Waals surface area contributed by atoms with Gasteiger partial charge in [0, 0.05) is 6.20 Å². The van der Waals surface area contributed by atoms with Gasteiger partial charge in [-0.05, 0) is 41.6 Å². The van der Waals surface area contributed by atoms with E-state index >= 15 is 0 Å². The normalized spacial score (nSPS) is 12.2. The van der Waals surface area contributed by atoms with E-state index in [2.05, 4.69) is 4.98 Å². The summed E-state index contributed by atoms with van der Waals surface area (Å²) in [7, 11) is -2.49. The molecule has 4 nitrogen and oxygen atoms in total. The third-order valence-electron chi connectivity index (χ3n) is 2.77. The molecule has 0 saturated heterocycles. The van der Waals surface area contributed by atoms with Crippen LogP contribution in [0, 0.1) is 0 Å². The van der Waals surface area contributed by atoms with E-state index in [9.17, 15) is 21.6 Å². The van der Waals surface area contributed by atoms with E-state index in [0.29, 0.717) is 0 Å². The Morgan fingerprint density at radius 1 is 1.22 bits per heavy atom. The van der Waals surface area contributed by atoms with Gasteiger partial charge in [-0.3, -0.25) is 0 Å². The lowest BCUT2D eigenvalue weighted by atomic mass is 10.2. The van der Waals surface area contributed by atoms with Crippen LogP contribution in [0.2, 0.25) is 0 Å². The number of hydrogen-bond acceptors (Lipinski definition) is 5. The Morgan fingerprint density at radius 3 is 2.52 bits per heavy atom. The Bertz CT molecular complexity index is 778. The maximum absolute atomic E-state index is 12.6. The number of ether oxygens (including phenoxy) is 1. The molecule has 9 heteroatoms. The van der Waals surface area contributed by atoms with Crippen LogP contribution in [0.5, 0.6) is 5.75 Å². The van der Waals surface area contributed by atoms with Crippen molar-refractivity contribution < 1.29 is 26.3 Å². The van der Waals surface area contributed by atoms with E-state index in [1.165, 1.54) is 37.6 Å². The molecule has 1 aromatic carbocycles. The molecule has 0 amide bonds. The zero-order valence-electron chi connectivity index (χ0n) is 11.9. The topological polar surface area (TPSA) is 56.3 Å². The van der Waals surface area contributed by atoms with Crippen molar-refractivity contribution >= 4 is 21.6 Å². The molecular weight excluding hydrogens is 351 g/mol. The number of benzene rings is 1. The minimum absolute atomic E-state index is 0.0336. The fourth-order valence-corrected chi connectivity index (χ4v) is 3.83. The van der Waals surface area contributed by atoms with Crippen molar-refractivity contribution in [2.24, 2.45) is 0 Å². The van der Waals surface area contributed by atoms with E-state index < -0.39 is 21.1 Å². The van der Waals surface area contributed by atoms with Gasteiger partial charge in [-0.2, -0.15) is 13.2 Å². The predicted molar refractivity (Wildman–Crippen MR) is 80.0 cm³/mol. The van der Waals surface area contributed by atoms with Gasteiger partial charge in [0.1, 0.15) is 5.75 Å². The van der Waals surface area contributed by atoms with Gasteiger partial charge in [0.25, 0.3) is 0 Å². The van der Waals surface area contributed by atoms with Gasteiger partial charge < -0.3 is 4.74 Å². The second-order valence-corrected chi connectivity index (χ2v) is 7.50. The molecule has 2 aromatic rings. The molecule has 23 heavy (non-hydrogen) atoms. The Morgan fingerprint density at radius 2 is 1.96 bits per heavy atom. The monoisotopic (exact) mass is 363 g/mol. The van der Waals surface area contributed by atoms with Gasteiger partial charge in [0.05, 0.1) is 17.8 Å². The SMILES string of the molecule is COc1ccc(CS(=O)(=O)c2ccccn2)cc1SC(F)(F)F. The first-order valence-electron chi connectivity index (χ1n) is 6.28. The average molecular weight is 363 g/mol. The van der Waals surface area contributed by atoms with Crippen molar-refractivity contribution in [3.8, 4) is 5.75 Å². The Balaban J connectivity index is 2.32. The second-order valence-electron chi connectivity index (χ2n) is 4.46. The van der Waals surface area contributed by atoms with Crippen molar-refractivity contribution in [1.29, 1.82) is 0 Å². The van der Waals surface area contributed by atoms with Crippen molar-refractivity contribution in [1.82, 2.24) is 4.98 Å². The number of thioether (sulfide) groups is 1. The molecule has 0 N–H and O–H groups in total. The zero-order valence-corrected chi connectivity index (χ0v) is 13.5. The molecule has 0 aliphatic carbocycles. The van der Waals surface area contributed by atoms with Crippen LogP contribution < -0.4 is 4.74 Å². The van der Waals surface area contributed by atoms with Crippen LogP contribution in [0.25, 0.3) is 0 Å². The first kappa shape index (κ1) is 17.6. The van der Waals surface area contributed by atoms with E-state index in [1.807, 2.05) is 0 Å². The lowest BCUT2D eigenvalue weighted by molar-refractivity contribution is -0.0328. The molecule has 0 fully saturated rings.